The molecular formula is C20H22N4O2S. The van der Waals surface area contributed by atoms with Crippen LogP contribution in [-0.2, 0) is 24.2 Å². The number of carbonyl (C=O) groups is 1. The number of thiophene rings is 1. The number of hydrogen-bond acceptors (Lipinski definition) is 5. The third-order valence-electron chi connectivity index (χ3n) is 4.98. The molecule has 1 N–H and O–H groups in total. The molecule has 0 fully saturated rings. The van der Waals surface area contributed by atoms with Crippen LogP contribution in [0.1, 0.15) is 34.9 Å². The summed E-state index contributed by atoms with van der Waals surface area (Å²) < 4.78 is 1.17. The second kappa shape index (κ2) is 6.88. The van der Waals surface area contributed by atoms with Crippen molar-refractivity contribution in [3.8, 4) is 0 Å². The smallest absolute Gasteiger partial charge is 0.279 e. The van der Waals surface area contributed by atoms with E-state index in [-0.39, 0.29) is 18.0 Å². The molecule has 140 valence electrons. The molecule has 27 heavy (non-hydrogen) atoms. The third-order valence-corrected chi connectivity index (χ3v) is 6.12. The van der Waals surface area contributed by atoms with E-state index in [0.717, 1.165) is 41.6 Å². The van der Waals surface area contributed by atoms with Crippen molar-refractivity contribution in [1.82, 2.24) is 15.0 Å². The maximum atomic E-state index is 12.9. The average molecular weight is 382 g/mol. The minimum absolute atomic E-state index is 0.143. The first-order chi connectivity index (χ1) is 12.9. The van der Waals surface area contributed by atoms with E-state index < -0.39 is 0 Å². The number of benzene rings is 1. The Morgan fingerprint density at radius 1 is 1.30 bits per heavy atom. The van der Waals surface area contributed by atoms with Gasteiger partial charge in [-0.2, -0.15) is 0 Å². The van der Waals surface area contributed by atoms with Crippen molar-refractivity contribution in [2.24, 2.45) is 5.92 Å². The van der Waals surface area contributed by atoms with Crippen LogP contribution in [0.2, 0.25) is 0 Å². The highest BCUT2D eigenvalue weighted by Crippen LogP contribution is 2.35. The first-order valence-electron chi connectivity index (χ1n) is 9.17. The molecule has 0 saturated heterocycles. The Hall–Kier alpha value is -2.54. The summed E-state index contributed by atoms with van der Waals surface area (Å²) >= 11 is 1.56. The molecule has 0 aliphatic heterocycles. The molecule has 1 aliphatic carbocycles. The molecule has 0 unspecified atom stereocenters. The second-order valence-electron chi connectivity index (χ2n) is 7.51. The first kappa shape index (κ1) is 17.9. The Balaban J connectivity index is 1.61. The highest BCUT2D eigenvalue weighted by Gasteiger charge is 2.24. The highest BCUT2D eigenvalue weighted by atomic mass is 32.1. The molecule has 0 saturated carbocycles. The average Bonchev–Trinajstić information content (AvgIpc) is 2.94. The zero-order valence-electron chi connectivity index (χ0n) is 15.7. The molecule has 1 amide bonds. The number of anilines is 1. The number of aromatic nitrogens is 3. The van der Waals surface area contributed by atoms with Crippen LogP contribution in [0.25, 0.3) is 10.2 Å². The summed E-state index contributed by atoms with van der Waals surface area (Å²) in [5.41, 5.74) is 3.76. The van der Waals surface area contributed by atoms with E-state index in [1.54, 1.807) is 11.3 Å². The van der Waals surface area contributed by atoms with Crippen LogP contribution in [0.5, 0.6) is 0 Å². The monoisotopic (exact) mass is 382 g/mol. The fourth-order valence-electron chi connectivity index (χ4n) is 3.78. The van der Waals surface area contributed by atoms with Crippen LogP contribution in [0.4, 0.5) is 5.69 Å². The van der Waals surface area contributed by atoms with Crippen molar-refractivity contribution in [2.75, 3.05) is 5.32 Å². The van der Waals surface area contributed by atoms with Gasteiger partial charge in [-0.05, 0) is 67.9 Å². The van der Waals surface area contributed by atoms with Crippen LogP contribution < -0.4 is 10.9 Å². The molecule has 2 heterocycles. The Labute approximate surface area is 161 Å². The molecule has 1 atom stereocenters. The van der Waals surface area contributed by atoms with Gasteiger partial charge in [0.1, 0.15) is 6.54 Å². The van der Waals surface area contributed by atoms with Gasteiger partial charge in [0.2, 0.25) is 5.91 Å². The molecule has 1 aliphatic rings. The highest BCUT2D eigenvalue weighted by molar-refractivity contribution is 7.18. The van der Waals surface area contributed by atoms with Gasteiger partial charge < -0.3 is 5.32 Å². The normalized spacial score (nSPS) is 16.3. The van der Waals surface area contributed by atoms with E-state index in [4.69, 9.17) is 0 Å². The number of carbonyl (C=O) groups excluding carboxylic acids is 1. The minimum Gasteiger partial charge on any atom is -0.324 e. The van der Waals surface area contributed by atoms with E-state index in [9.17, 15) is 9.59 Å². The van der Waals surface area contributed by atoms with Gasteiger partial charge in [0.25, 0.3) is 5.56 Å². The fraction of sp³-hybridized carbons (Fsp3) is 0.400. The van der Waals surface area contributed by atoms with Crippen LogP contribution in [0.3, 0.4) is 0 Å². The number of nitrogens with one attached hydrogen (secondary N) is 1. The lowest BCUT2D eigenvalue weighted by Crippen LogP contribution is -2.30. The summed E-state index contributed by atoms with van der Waals surface area (Å²) in [5, 5.41) is 11.7. The van der Waals surface area contributed by atoms with Gasteiger partial charge in [-0.25, -0.2) is 4.68 Å². The summed E-state index contributed by atoms with van der Waals surface area (Å²) in [7, 11) is 0. The van der Waals surface area contributed by atoms with Crippen LogP contribution in [0.15, 0.2) is 23.0 Å². The standard InChI is InChI=1S/C20H22N4O2S/c1-11-4-5-15-16(9-11)27-19-18(15)20(26)24(23-22-19)10-17(25)21-14-7-12(2)6-13(3)8-14/h6-8,11H,4-5,9-10H2,1-3H3,(H,21,25)/t11-/m1/s1. The van der Waals surface area contributed by atoms with Crippen molar-refractivity contribution in [3.05, 3.63) is 50.1 Å². The molecule has 0 radical (unpaired) electrons. The zero-order valence-corrected chi connectivity index (χ0v) is 16.5. The maximum Gasteiger partial charge on any atom is 0.279 e. The lowest BCUT2D eigenvalue weighted by atomic mass is 9.89. The van der Waals surface area contributed by atoms with E-state index in [0.29, 0.717) is 16.1 Å². The van der Waals surface area contributed by atoms with Gasteiger partial charge in [-0.15, -0.1) is 16.4 Å². The lowest BCUT2D eigenvalue weighted by Gasteiger charge is -2.17. The Morgan fingerprint density at radius 3 is 2.78 bits per heavy atom. The topological polar surface area (TPSA) is 76.9 Å². The van der Waals surface area contributed by atoms with Crippen molar-refractivity contribution in [1.29, 1.82) is 0 Å². The fourth-order valence-corrected chi connectivity index (χ4v) is 5.10. The Kier molecular flexibility index (Phi) is 4.55. The lowest BCUT2D eigenvalue weighted by molar-refractivity contribution is -0.117. The van der Waals surface area contributed by atoms with Crippen molar-refractivity contribution in [2.45, 2.75) is 46.6 Å². The molecule has 6 nitrogen and oxygen atoms in total. The summed E-state index contributed by atoms with van der Waals surface area (Å²) in [6, 6.07) is 5.85. The number of hydrogen-bond donors (Lipinski definition) is 1. The summed E-state index contributed by atoms with van der Waals surface area (Å²) in [4.78, 5) is 27.3. The van der Waals surface area contributed by atoms with E-state index in [1.165, 1.54) is 9.56 Å². The number of aryl methyl sites for hydroxylation is 3. The predicted octanol–water partition coefficient (Wildman–Crippen LogP) is 3.23. The van der Waals surface area contributed by atoms with Crippen molar-refractivity contribution in [3.63, 3.8) is 0 Å². The molecular weight excluding hydrogens is 360 g/mol. The number of amides is 1. The minimum atomic E-state index is -0.284. The van der Waals surface area contributed by atoms with Crippen LogP contribution >= 0.6 is 11.3 Å². The van der Waals surface area contributed by atoms with Crippen LogP contribution in [-0.4, -0.2) is 20.9 Å². The van der Waals surface area contributed by atoms with Gasteiger partial charge in [0, 0.05) is 10.6 Å². The molecule has 3 aromatic rings. The summed E-state index contributed by atoms with van der Waals surface area (Å²) in [6.07, 6.45) is 2.96. The molecule has 0 spiro atoms. The van der Waals surface area contributed by atoms with Crippen molar-refractivity contribution < 1.29 is 4.79 Å². The number of fused-ring (bicyclic) bond motifs is 3. The van der Waals surface area contributed by atoms with Crippen LogP contribution in [0, 0.1) is 19.8 Å². The quantitative estimate of drug-likeness (QED) is 0.754. The van der Waals surface area contributed by atoms with Crippen molar-refractivity contribution >= 4 is 33.1 Å². The maximum absolute atomic E-state index is 12.9. The summed E-state index contributed by atoms with van der Waals surface area (Å²) in [5.74, 6) is 0.345. The van der Waals surface area contributed by atoms with E-state index >= 15 is 0 Å². The molecule has 1 aromatic carbocycles. The molecule has 2 aromatic heterocycles. The van der Waals surface area contributed by atoms with E-state index in [1.807, 2.05) is 32.0 Å². The Bertz CT molecular complexity index is 1080. The second-order valence-corrected chi connectivity index (χ2v) is 8.59. The Morgan fingerprint density at radius 2 is 2.04 bits per heavy atom. The predicted molar refractivity (Wildman–Crippen MR) is 107 cm³/mol. The first-order valence-corrected chi connectivity index (χ1v) is 9.98. The van der Waals surface area contributed by atoms with Gasteiger partial charge >= 0.3 is 0 Å². The van der Waals surface area contributed by atoms with Gasteiger partial charge in [-0.3, -0.25) is 9.59 Å². The van der Waals surface area contributed by atoms with Gasteiger partial charge in [-0.1, -0.05) is 18.2 Å². The zero-order chi connectivity index (χ0) is 19.1. The van der Waals surface area contributed by atoms with Gasteiger partial charge in [0.05, 0.1) is 5.39 Å². The molecule has 0 bridgehead atoms. The summed E-state index contributed by atoms with van der Waals surface area (Å²) in [6.45, 7) is 6.05. The largest absolute Gasteiger partial charge is 0.324 e. The number of rotatable bonds is 3. The molecule has 4 rings (SSSR count). The molecule has 7 heteroatoms. The number of nitrogens with zero attached hydrogens (tertiary/aromatic N) is 3. The van der Waals surface area contributed by atoms with Gasteiger partial charge in [0.15, 0.2) is 4.83 Å². The van der Waals surface area contributed by atoms with E-state index in [2.05, 4.69) is 22.6 Å². The third kappa shape index (κ3) is 3.51. The SMILES string of the molecule is Cc1cc(C)cc(NC(=O)Cn2nnc3sc4c(c3c2=O)CC[C@@H](C)C4)c1.